The van der Waals surface area contributed by atoms with E-state index in [9.17, 15) is 14.3 Å². The molecule has 2 aliphatic heterocycles. The third kappa shape index (κ3) is 7.30. The fraction of sp³-hybridized carbons (Fsp3) is 0.345. The Hall–Kier alpha value is -3.03. The molecule has 2 aromatic carbocycles. The van der Waals surface area contributed by atoms with Crippen LogP contribution in [0.4, 0.5) is 4.39 Å². The van der Waals surface area contributed by atoms with Crippen molar-refractivity contribution in [1.29, 1.82) is 0 Å². The van der Waals surface area contributed by atoms with Crippen LogP contribution in [-0.4, -0.2) is 62.4 Å². The average molecular weight is 635 g/mol. The Morgan fingerprint density at radius 2 is 1.98 bits per heavy atom. The van der Waals surface area contributed by atoms with Gasteiger partial charge in [0.05, 0.1) is 41.5 Å². The van der Waals surface area contributed by atoms with E-state index in [2.05, 4.69) is 14.5 Å². The molecule has 0 saturated carbocycles. The van der Waals surface area contributed by atoms with Crippen LogP contribution in [0.5, 0.6) is 11.5 Å². The van der Waals surface area contributed by atoms with Gasteiger partial charge >= 0.3 is 5.97 Å². The highest BCUT2D eigenvalue weighted by atomic mass is 35.5. The monoisotopic (exact) mass is 634 g/mol. The molecule has 1 N–H and O–H groups in total. The summed E-state index contributed by atoms with van der Waals surface area (Å²) < 4.78 is 33.6. The number of halogens is 2. The van der Waals surface area contributed by atoms with Crippen molar-refractivity contribution in [2.75, 3.05) is 19.7 Å². The SMILES string of the molecule is O=C(O)c1ccc2nc(CN3CC[C@H](Oc4ccnc(COc5ccc(Cl)cc5F)c4)C3)n(C[C@@H]3CCO3)c2c1.S.S. The van der Waals surface area contributed by atoms with Crippen molar-refractivity contribution < 1.29 is 28.5 Å². The first-order valence-electron chi connectivity index (χ1n) is 13.2. The number of pyridine rings is 1. The van der Waals surface area contributed by atoms with Gasteiger partial charge in [0.1, 0.15) is 24.3 Å². The Labute approximate surface area is 261 Å². The van der Waals surface area contributed by atoms with Gasteiger partial charge in [0.2, 0.25) is 0 Å². The minimum Gasteiger partial charge on any atom is -0.489 e. The molecule has 0 unspecified atom stereocenters. The molecule has 2 fully saturated rings. The van der Waals surface area contributed by atoms with Gasteiger partial charge in [-0.2, -0.15) is 27.0 Å². The smallest absolute Gasteiger partial charge is 0.335 e. The summed E-state index contributed by atoms with van der Waals surface area (Å²) in [7, 11) is 0. The lowest BCUT2D eigenvalue weighted by Crippen LogP contribution is -2.33. The Balaban J connectivity index is 0.00000202. The fourth-order valence-corrected chi connectivity index (χ4v) is 5.20. The molecule has 2 aromatic heterocycles. The largest absolute Gasteiger partial charge is 0.489 e. The van der Waals surface area contributed by atoms with Crippen LogP contribution in [0.15, 0.2) is 54.7 Å². The van der Waals surface area contributed by atoms with Crippen LogP contribution < -0.4 is 9.47 Å². The zero-order valence-corrected chi connectivity index (χ0v) is 25.4. The maximum Gasteiger partial charge on any atom is 0.335 e. The highest BCUT2D eigenvalue weighted by Gasteiger charge is 2.28. The number of hydrogen-bond donors (Lipinski definition) is 1. The fourth-order valence-electron chi connectivity index (χ4n) is 5.04. The molecule has 0 spiro atoms. The molecule has 6 rings (SSSR count). The van der Waals surface area contributed by atoms with Crippen LogP contribution >= 0.6 is 38.6 Å². The van der Waals surface area contributed by atoms with Crippen LogP contribution in [0.2, 0.25) is 5.02 Å². The number of carbonyl (C=O) groups is 1. The minimum absolute atomic E-state index is 0. The number of likely N-dealkylation sites (tertiary alicyclic amines) is 1. The van der Waals surface area contributed by atoms with E-state index < -0.39 is 11.8 Å². The summed E-state index contributed by atoms with van der Waals surface area (Å²) in [4.78, 5) is 23.0. The van der Waals surface area contributed by atoms with Gasteiger partial charge in [0, 0.05) is 37.0 Å². The topological polar surface area (TPSA) is 98.9 Å². The summed E-state index contributed by atoms with van der Waals surface area (Å²) in [5.74, 6) is 0.178. The molecule has 4 aromatic rings. The van der Waals surface area contributed by atoms with Gasteiger partial charge < -0.3 is 23.9 Å². The van der Waals surface area contributed by atoms with Gasteiger partial charge in [-0.3, -0.25) is 9.88 Å². The number of imidazole rings is 1. The zero-order valence-electron chi connectivity index (χ0n) is 22.6. The summed E-state index contributed by atoms with van der Waals surface area (Å²) >= 11 is 5.80. The van der Waals surface area contributed by atoms with Crippen molar-refractivity contribution in [3.05, 3.63) is 82.6 Å². The van der Waals surface area contributed by atoms with Crippen molar-refractivity contribution in [2.24, 2.45) is 0 Å². The molecule has 2 aliphatic rings. The maximum atomic E-state index is 14.0. The molecule has 13 heteroatoms. The van der Waals surface area contributed by atoms with Gasteiger partial charge in [-0.15, -0.1) is 0 Å². The molecule has 4 heterocycles. The molecule has 0 radical (unpaired) electrons. The van der Waals surface area contributed by atoms with Crippen molar-refractivity contribution in [1.82, 2.24) is 19.4 Å². The molecule has 0 aliphatic carbocycles. The third-order valence-electron chi connectivity index (χ3n) is 7.21. The molecule has 2 saturated heterocycles. The molecule has 42 heavy (non-hydrogen) atoms. The van der Waals surface area contributed by atoms with E-state index >= 15 is 0 Å². The normalized spacial score (nSPS) is 18.1. The Morgan fingerprint density at radius 1 is 1.14 bits per heavy atom. The van der Waals surface area contributed by atoms with Crippen LogP contribution in [0.25, 0.3) is 11.0 Å². The number of aromatic nitrogens is 3. The third-order valence-corrected chi connectivity index (χ3v) is 7.44. The molecule has 0 bridgehead atoms. The first-order chi connectivity index (χ1) is 19.4. The van der Waals surface area contributed by atoms with E-state index in [4.69, 9.17) is 30.8 Å². The van der Waals surface area contributed by atoms with Crippen molar-refractivity contribution in [3.8, 4) is 11.5 Å². The first-order valence-corrected chi connectivity index (χ1v) is 13.5. The van der Waals surface area contributed by atoms with Crippen molar-refractivity contribution in [3.63, 3.8) is 0 Å². The van der Waals surface area contributed by atoms with Gasteiger partial charge in [-0.25, -0.2) is 14.2 Å². The predicted octanol–water partition coefficient (Wildman–Crippen LogP) is 5.17. The summed E-state index contributed by atoms with van der Waals surface area (Å²) in [5.41, 5.74) is 2.44. The number of nitrogens with zero attached hydrogens (tertiary/aromatic N) is 4. The first kappa shape index (κ1) is 31.9. The summed E-state index contributed by atoms with van der Waals surface area (Å²) in [6, 6.07) is 12.9. The van der Waals surface area contributed by atoms with E-state index in [1.54, 1.807) is 42.6 Å². The molecule has 9 nitrogen and oxygen atoms in total. The summed E-state index contributed by atoms with van der Waals surface area (Å²) in [5, 5.41) is 9.78. The van der Waals surface area contributed by atoms with Crippen molar-refractivity contribution in [2.45, 2.75) is 44.7 Å². The molecule has 0 amide bonds. The summed E-state index contributed by atoms with van der Waals surface area (Å²) in [6.07, 6.45) is 3.57. The quantitative estimate of drug-likeness (QED) is 0.255. The lowest BCUT2D eigenvalue weighted by molar-refractivity contribution is -0.0591. The van der Waals surface area contributed by atoms with Gasteiger partial charge in [0.15, 0.2) is 11.6 Å². The number of ether oxygens (including phenoxy) is 3. The van der Waals surface area contributed by atoms with E-state index in [0.717, 1.165) is 42.9 Å². The average Bonchev–Trinajstić information content (AvgIpc) is 3.49. The number of rotatable bonds is 10. The number of carboxylic acid groups (broad SMARTS) is 1. The second-order valence-electron chi connectivity index (χ2n) is 10.0. The lowest BCUT2D eigenvalue weighted by atomic mass is 10.1. The van der Waals surface area contributed by atoms with Gasteiger partial charge in [-0.1, -0.05) is 11.6 Å². The van der Waals surface area contributed by atoms with E-state index in [1.165, 1.54) is 12.1 Å². The van der Waals surface area contributed by atoms with Crippen LogP contribution in [0.1, 0.15) is 34.7 Å². The van der Waals surface area contributed by atoms with Gasteiger partial charge in [-0.05, 0) is 55.3 Å². The van der Waals surface area contributed by atoms with E-state index in [0.29, 0.717) is 36.1 Å². The molecular weight excluding hydrogens is 603 g/mol. The predicted molar refractivity (Wildman–Crippen MR) is 166 cm³/mol. The second kappa shape index (κ2) is 14.0. The zero-order chi connectivity index (χ0) is 27.6. The number of fused-ring (bicyclic) bond motifs is 1. The number of aromatic carboxylic acids is 1. The van der Waals surface area contributed by atoms with Crippen molar-refractivity contribution >= 4 is 55.6 Å². The highest BCUT2D eigenvalue weighted by molar-refractivity contribution is 7.59. The Bertz CT molecular complexity index is 1550. The Morgan fingerprint density at radius 3 is 2.71 bits per heavy atom. The lowest BCUT2D eigenvalue weighted by Gasteiger charge is -2.28. The summed E-state index contributed by atoms with van der Waals surface area (Å²) in [6.45, 7) is 3.66. The Kier molecular flexibility index (Phi) is 10.6. The van der Waals surface area contributed by atoms with Crippen LogP contribution in [0, 0.1) is 5.82 Å². The minimum atomic E-state index is -0.960. The number of carboxylic acids is 1. The highest BCUT2D eigenvalue weighted by Crippen LogP contribution is 2.26. The van der Waals surface area contributed by atoms with Crippen LogP contribution in [-0.2, 0) is 24.4 Å². The standard InChI is InChI=1S/C29H28ClFN4O5.2H2S/c30-19-2-4-27(24(31)12-19)39-17-20-13-21(5-8-32-20)40-23-6-9-34(14-23)16-28-33-25-3-1-18(29(36)37)11-26(25)35(28)15-22-7-10-38-22;;/h1-5,8,11-13,22-23H,6-7,9-10,14-17H2,(H,36,37);2*1H2/t22-,23-;;/m0../s1. The van der Waals surface area contributed by atoms with Crippen LogP contribution in [0.3, 0.4) is 0 Å². The van der Waals surface area contributed by atoms with Gasteiger partial charge in [0.25, 0.3) is 0 Å². The molecule has 224 valence electrons. The number of hydrogen-bond acceptors (Lipinski definition) is 7. The van der Waals surface area contributed by atoms with E-state index in [-0.39, 0.29) is 57.1 Å². The second-order valence-corrected chi connectivity index (χ2v) is 10.5. The number of benzene rings is 2. The molecular formula is C29H32ClFN4O5S2. The van der Waals surface area contributed by atoms with E-state index in [1.807, 2.05) is 0 Å². The molecule has 2 atom stereocenters. The maximum absolute atomic E-state index is 14.0.